The minimum Gasteiger partial charge on any atom is -0.476 e. The van der Waals surface area contributed by atoms with E-state index in [1.165, 1.54) is 18.2 Å². The molecule has 0 fully saturated rings. The first-order valence-electron chi connectivity index (χ1n) is 4.44. The number of aromatic carboxylic acids is 1. The molecule has 2 aromatic rings. The summed E-state index contributed by atoms with van der Waals surface area (Å²) in [6.45, 7) is 0. The maximum absolute atomic E-state index is 13.8. The standard InChI is InChI=1S/C10H6ClFN2O2S/c11-5-3-1-2-4(6(5)12)8-7(9(15)16)14-10(13)17-8/h1-3H,(H2,13,14)(H,15,16). The summed E-state index contributed by atoms with van der Waals surface area (Å²) in [7, 11) is 0. The van der Waals surface area contributed by atoms with Crippen LogP contribution in [0.25, 0.3) is 10.4 Å². The molecular weight excluding hydrogens is 267 g/mol. The van der Waals surface area contributed by atoms with Crippen molar-refractivity contribution in [3.8, 4) is 10.4 Å². The third-order valence-electron chi connectivity index (χ3n) is 2.04. The molecule has 4 nitrogen and oxygen atoms in total. The van der Waals surface area contributed by atoms with Crippen molar-refractivity contribution in [2.24, 2.45) is 0 Å². The third-order valence-corrected chi connectivity index (χ3v) is 3.25. The molecule has 0 saturated carbocycles. The number of hydrogen-bond donors (Lipinski definition) is 2. The van der Waals surface area contributed by atoms with E-state index in [0.717, 1.165) is 11.3 Å². The normalized spacial score (nSPS) is 10.5. The number of nitrogens with zero attached hydrogens (tertiary/aromatic N) is 1. The van der Waals surface area contributed by atoms with Crippen LogP contribution in [0.4, 0.5) is 9.52 Å². The Bertz CT molecular complexity index is 600. The molecule has 0 bridgehead atoms. The molecule has 17 heavy (non-hydrogen) atoms. The third kappa shape index (κ3) is 2.09. The van der Waals surface area contributed by atoms with Crippen molar-refractivity contribution >= 4 is 34.0 Å². The zero-order chi connectivity index (χ0) is 12.6. The zero-order valence-electron chi connectivity index (χ0n) is 8.28. The summed E-state index contributed by atoms with van der Waals surface area (Å²) in [5.41, 5.74) is 5.25. The van der Waals surface area contributed by atoms with Gasteiger partial charge in [0.25, 0.3) is 0 Å². The van der Waals surface area contributed by atoms with Gasteiger partial charge in [-0.05, 0) is 6.07 Å². The summed E-state index contributed by atoms with van der Waals surface area (Å²) in [5, 5.41) is 8.92. The fraction of sp³-hybridized carbons (Fsp3) is 0. The van der Waals surface area contributed by atoms with Crippen LogP contribution in [0.3, 0.4) is 0 Å². The topological polar surface area (TPSA) is 76.2 Å². The summed E-state index contributed by atoms with van der Waals surface area (Å²) in [6.07, 6.45) is 0. The fourth-order valence-electron chi connectivity index (χ4n) is 1.34. The van der Waals surface area contributed by atoms with E-state index in [0.29, 0.717) is 0 Å². The first-order valence-corrected chi connectivity index (χ1v) is 5.64. The molecule has 0 aliphatic carbocycles. The van der Waals surface area contributed by atoms with Gasteiger partial charge in [0.1, 0.15) is 5.82 Å². The largest absolute Gasteiger partial charge is 0.476 e. The first kappa shape index (κ1) is 11.8. The van der Waals surface area contributed by atoms with Crippen LogP contribution in [0.2, 0.25) is 5.02 Å². The van der Waals surface area contributed by atoms with Gasteiger partial charge in [0.2, 0.25) is 0 Å². The van der Waals surface area contributed by atoms with Crippen molar-refractivity contribution < 1.29 is 14.3 Å². The molecule has 2 rings (SSSR count). The first-order chi connectivity index (χ1) is 8.00. The predicted octanol–water partition coefficient (Wildman–Crippen LogP) is 2.88. The van der Waals surface area contributed by atoms with E-state index in [1.807, 2.05) is 0 Å². The number of carboxylic acids is 1. The Balaban J connectivity index is 2.68. The number of anilines is 1. The second-order valence-electron chi connectivity index (χ2n) is 3.14. The number of nitrogens with two attached hydrogens (primary N) is 1. The van der Waals surface area contributed by atoms with Crippen molar-refractivity contribution in [2.75, 3.05) is 5.73 Å². The Morgan fingerprint density at radius 2 is 2.24 bits per heavy atom. The number of thiazole rings is 1. The van der Waals surface area contributed by atoms with Crippen molar-refractivity contribution in [3.63, 3.8) is 0 Å². The number of aromatic nitrogens is 1. The highest BCUT2D eigenvalue weighted by molar-refractivity contribution is 7.19. The molecule has 0 radical (unpaired) electrons. The molecule has 1 heterocycles. The fourth-order valence-corrected chi connectivity index (χ4v) is 2.36. The molecule has 0 unspecified atom stereocenters. The Labute approximate surface area is 104 Å². The monoisotopic (exact) mass is 272 g/mol. The molecule has 1 aromatic carbocycles. The van der Waals surface area contributed by atoms with E-state index in [2.05, 4.69) is 4.98 Å². The smallest absolute Gasteiger partial charge is 0.356 e. The number of carbonyl (C=O) groups is 1. The molecular formula is C10H6ClFN2O2S. The molecule has 7 heteroatoms. The van der Waals surface area contributed by atoms with Crippen LogP contribution in [-0.4, -0.2) is 16.1 Å². The van der Waals surface area contributed by atoms with Gasteiger partial charge in [-0.1, -0.05) is 35.1 Å². The van der Waals surface area contributed by atoms with Crippen LogP contribution in [0.5, 0.6) is 0 Å². The molecule has 0 aliphatic rings. The highest BCUT2D eigenvalue weighted by Crippen LogP contribution is 2.35. The SMILES string of the molecule is Nc1nc(C(=O)O)c(-c2cccc(Cl)c2F)s1. The zero-order valence-corrected chi connectivity index (χ0v) is 9.85. The number of benzene rings is 1. The average Bonchev–Trinajstić information content (AvgIpc) is 2.64. The van der Waals surface area contributed by atoms with Crippen molar-refractivity contribution in [2.45, 2.75) is 0 Å². The van der Waals surface area contributed by atoms with Gasteiger partial charge >= 0.3 is 5.97 Å². The van der Waals surface area contributed by atoms with Gasteiger partial charge in [-0.3, -0.25) is 0 Å². The Morgan fingerprint density at radius 1 is 1.53 bits per heavy atom. The lowest BCUT2D eigenvalue weighted by Gasteiger charge is -2.02. The lowest BCUT2D eigenvalue weighted by atomic mass is 10.1. The number of rotatable bonds is 2. The maximum atomic E-state index is 13.8. The second-order valence-corrected chi connectivity index (χ2v) is 4.57. The Morgan fingerprint density at radius 3 is 2.88 bits per heavy atom. The summed E-state index contributed by atoms with van der Waals surface area (Å²) >= 11 is 6.54. The van der Waals surface area contributed by atoms with Crippen molar-refractivity contribution in [3.05, 3.63) is 34.7 Å². The summed E-state index contributed by atoms with van der Waals surface area (Å²) in [6, 6.07) is 4.34. The van der Waals surface area contributed by atoms with Gasteiger partial charge in [-0.2, -0.15) is 0 Å². The molecule has 0 atom stereocenters. The molecule has 1 aromatic heterocycles. The molecule has 0 amide bonds. The number of carboxylic acid groups (broad SMARTS) is 1. The lowest BCUT2D eigenvalue weighted by molar-refractivity contribution is 0.0692. The molecule has 0 spiro atoms. The van der Waals surface area contributed by atoms with Crippen LogP contribution in [-0.2, 0) is 0 Å². The number of halogens is 2. The van der Waals surface area contributed by atoms with Crippen LogP contribution in [0, 0.1) is 5.82 Å². The molecule has 0 saturated heterocycles. The van der Waals surface area contributed by atoms with Gasteiger partial charge in [-0.25, -0.2) is 14.2 Å². The number of nitrogen functional groups attached to an aromatic ring is 1. The van der Waals surface area contributed by atoms with E-state index in [4.69, 9.17) is 22.4 Å². The van der Waals surface area contributed by atoms with E-state index in [1.54, 1.807) is 0 Å². The Kier molecular flexibility index (Phi) is 2.99. The molecule has 0 aliphatic heterocycles. The lowest BCUT2D eigenvalue weighted by Crippen LogP contribution is -2.00. The second kappa shape index (κ2) is 4.31. The highest BCUT2D eigenvalue weighted by Gasteiger charge is 2.21. The van der Waals surface area contributed by atoms with Crippen LogP contribution in [0.1, 0.15) is 10.5 Å². The predicted molar refractivity (Wildman–Crippen MR) is 63.9 cm³/mol. The van der Waals surface area contributed by atoms with E-state index < -0.39 is 11.8 Å². The van der Waals surface area contributed by atoms with E-state index in [9.17, 15) is 9.18 Å². The summed E-state index contributed by atoms with van der Waals surface area (Å²) < 4.78 is 13.8. The van der Waals surface area contributed by atoms with Gasteiger partial charge in [0.05, 0.1) is 9.90 Å². The van der Waals surface area contributed by atoms with Crippen molar-refractivity contribution in [1.82, 2.24) is 4.98 Å². The molecule has 88 valence electrons. The summed E-state index contributed by atoms with van der Waals surface area (Å²) in [5.74, 6) is -1.94. The molecule has 3 N–H and O–H groups in total. The van der Waals surface area contributed by atoms with E-state index in [-0.39, 0.29) is 26.3 Å². The highest BCUT2D eigenvalue weighted by atomic mass is 35.5. The minimum atomic E-state index is -1.26. The number of hydrogen-bond acceptors (Lipinski definition) is 4. The van der Waals surface area contributed by atoms with Gasteiger partial charge in [0, 0.05) is 5.56 Å². The maximum Gasteiger partial charge on any atom is 0.356 e. The van der Waals surface area contributed by atoms with Crippen molar-refractivity contribution in [1.29, 1.82) is 0 Å². The van der Waals surface area contributed by atoms with Crippen LogP contribution < -0.4 is 5.73 Å². The van der Waals surface area contributed by atoms with Crippen LogP contribution >= 0.6 is 22.9 Å². The van der Waals surface area contributed by atoms with Crippen LogP contribution in [0.15, 0.2) is 18.2 Å². The summed E-state index contributed by atoms with van der Waals surface area (Å²) in [4.78, 5) is 14.7. The average molecular weight is 273 g/mol. The van der Waals surface area contributed by atoms with Gasteiger partial charge in [-0.15, -0.1) is 0 Å². The van der Waals surface area contributed by atoms with Gasteiger partial charge in [0.15, 0.2) is 10.8 Å². The van der Waals surface area contributed by atoms with E-state index >= 15 is 0 Å². The minimum absolute atomic E-state index is 0.0665. The Hall–Kier alpha value is -1.66. The quantitative estimate of drug-likeness (QED) is 0.881. The van der Waals surface area contributed by atoms with Gasteiger partial charge < -0.3 is 10.8 Å².